The van der Waals surface area contributed by atoms with Crippen LogP contribution >= 0.6 is 22.6 Å². The van der Waals surface area contributed by atoms with Gasteiger partial charge in [-0.2, -0.15) is 0 Å². The van der Waals surface area contributed by atoms with E-state index in [1.165, 1.54) is 27.5 Å². The molecule has 20 heavy (non-hydrogen) atoms. The molecule has 0 aromatic heterocycles. The van der Waals surface area contributed by atoms with E-state index in [9.17, 15) is 0 Å². The van der Waals surface area contributed by atoms with Crippen molar-refractivity contribution in [1.82, 2.24) is 5.32 Å². The number of ether oxygens (including phenoxy) is 1. The van der Waals surface area contributed by atoms with Crippen molar-refractivity contribution in [2.75, 3.05) is 0 Å². The first kappa shape index (κ1) is 13.9. The minimum atomic E-state index is 0.733. The minimum absolute atomic E-state index is 0.733. The van der Waals surface area contributed by atoms with Crippen LogP contribution in [0.15, 0.2) is 42.5 Å². The largest absolute Gasteiger partial charge is 0.457 e. The molecule has 1 N–H and O–H groups in total. The van der Waals surface area contributed by atoms with E-state index in [0.29, 0.717) is 0 Å². The van der Waals surface area contributed by atoms with Crippen LogP contribution < -0.4 is 10.1 Å². The molecule has 0 atom stereocenters. The van der Waals surface area contributed by atoms with Crippen molar-refractivity contribution in [3.05, 3.63) is 57.2 Å². The zero-order chi connectivity index (χ0) is 13.9. The molecular formula is C17H18INO. The summed E-state index contributed by atoms with van der Waals surface area (Å²) in [6, 6.07) is 15.3. The van der Waals surface area contributed by atoms with Gasteiger partial charge in [0.1, 0.15) is 11.5 Å². The number of nitrogens with one attached hydrogen (secondary N) is 1. The molecule has 3 rings (SSSR count). The van der Waals surface area contributed by atoms with Gasteiger partial charge in [0.25, 0.3) is 0 Å². The van der Waals surface area contributed by atoms with Crippen LogP contribution in [0.5, 0.6) is 11.5 Å². The Bertz CT molecular complexity index is 608. The van der Waals surface area contributed by atoms with E-state index in [0.717, 1.165) is 24.1 Å². The molecule has 0 bridgehead atoms. The summed E-state index contributed by atoms with van der Waals surface area (Å²) in [6.07, 6.45) is 2.63. The second-order valence-electron chi connectivity index (χ2n) is 5.31. The third-order valence-electron chi connectivity index (χ3n) is 3.45. The number of halogens is 1. The molecule has 1 fully saturated rings. The van der Waals surface area contributed by atoms with Gasteiger partial charge in [-0.15, -0.1) is 0 Å². The first-order chi connectivity index (χ1) is 9.70. The maximum Gasteiger partial charge on any atom is 0.130 e. The minimum Gasteiger partial charge on any atom is -0.457 e. The van der Waals surface area contributed by atoms with E-state index in [1.54, 1.807) is 0 Å². The van der Waals surface area contributed by atoms with E-state index in [1.807, 2.05) is 12.1 Å². The lowest BCUT2D eigenvalue weighted by Gasteiger charge is -2.11. The summed E-state index contributed by atoms with van der Waals surface area (Å²) < 4.78 is 7.21. The lowest BCUT2D eigenvalue weighted by molar-refractivity contribution is 0.477. The molecule has 2 aromatic carbocycles. The number of aryl methyl sites for hydroxylation is 1. The highest BCUT2D eigenvalue weighted by atomic mass is 127. The van der Waals surface area contributed by atoms with Gasteiger partial charge >= 0.3 is 0 Å². The molecule has 0 aliphatic heterocycles. The van der Waals surface area contributed by atoms with Crippen molar-refractivity contribution < 1.29 is 4.74 Å². The molecular weight excluding hydrogens is 361 g/mol. The highest BCUT2D eigenvalue weighted by Crippen LogP contribution is 2.27. The normalized spacial score (nSPS) is 14.3. The van der Waals surface area contributed by atoms with E-state index in [-0.39, 0.29) is 0 Å². The van der Waals surface area contributed by atoms with Crippen molar-refractivity contribution >= 4 is 22.6 Å². The summed E-state index contributed by atoms with van der Waals surface area (Å²) in [5.41, 5.74) is 2.45. The summed E-state index contributed by atoms with van der Waals surface area (Å²) in [5.74, 6) is 1.84. The topological polar surface area (TPSA) is 21.3 Å². The third kappa shape index (κ3) is 3.73. The maximum absolute atomic E-state index is 6.02. The van der Waals surface area contributed by atoms with Crippen LogP contribution in [-0.4, -0.2) is 6.04 Å². The van der Waals surface area contributed by atoms with E-state index in [4.69, 9.17) is 4.74 Å². The van der Waals surface area contributed by atoms with Crippen molar-refractivity contribution in [2.24, 2.45) is 0 Å². The predicted molar refractivity (Wildman–Crippen MR) is 90.3 cm³/mol. The molecule has 1 aliphatic carbocycles. The summed E-state index contributed by atoms with van der Waals surface area (Å²) in [4.78, 5) is 0. The fourth-order valence-corrected chi connectivity index (χ4v) is 2.59. The standard InChI is InChI=1S/C17H18INO/c1-12-5-6-13(11-19-15-7-8-15)9-17(12)20-16-4-2-3-14(18)10-16/h2-6,9-10,15,19H,7-8,11H2,1H3. The number of hydrogen-bond donors (Lipinski definition) is 1. The van der Waals surface area contributed by atoms with Gasteiger partial charge in [-0.05, 0) is 77.7 Å². The van der Waals surface area contributed by atoms with Gasteiger partial charge in [0, 0.05) is 16.2 Å². The molecule has 2 nitrogen and oxygen atoms in total. The second-order valence-corrected chi connectivity index (χ2v) is 6.56. The van der Waals surface area contributed by atoms with Gasteiger partial charge in [-0.1, -0.05) is 18.2 Å². The van der Waals surface area contributed by atoms with Crippen LogP contribution in [0.25, 0.3) is 0 Å². The molecule has 104 valence electrons. The zero-order valence-corrected chi connectivity index (χ0v) is 13.7. The van der Waals surface area contributed by atoms with Crippen LogP contribution in [0.2, 0.25) is 0 Å². The van der Waals surface area contributed by atoms with Crippen molar-refractivity contribution in [2.45, 2.75) is 32.4 Å². The number of hydrogen-bond acceptors (Lipinski definition) is 2. The summed E-state index contributed by atoms with van der Waals surface area (Å²) in [5, 5.41) is 3.54. The van der Waals surface area contributed by atoms with Gasteiger partial charge in [-0.25, -0.2) is 0 Å². The van der Waals surface area contributed by atoms with Gasteiger partial charge in [-0.3, -0.25) is 0 Å². The second kappa shape index (κ2) is 6.14. The van der Waals surface area contributed by atoms with Crippen molar-refractivity contribution in [3.63, 3.8) is 0 Å². The molecule has 0 heterocycles. The van der Waals surface area contributed by atoms with Crippen LogP contribution in [0.1, 0.15) is 24.0 Å². The zero-order valence-electron chi connectivity index (χ0n) is 11.5. The van der Waals surface area contributed by atoms with Crippen LogP contribution in [0.4, 0.5) is 0 Å². The fourth-order valence-electron chi connectivity index (χ4n) is 2.07. The number of benzene rings is 2. The Morgan fingerprint density at radius 2 is 2.05 bits per heavy atom. The Hall–Kier alpha value is -1.07. The molecule has 0 amide bonds. The van der Waals surface area contributed by atoms with E-state index in [2.05, 4.69) is 65.2 Å². The van der Waals surface area contributed by atoms with Crippen LogP contribution in [-0.2, 0) is 6.54 Å². The van der Waals surface area contributed by atoms with Gasteiger partial charge < -0.3 is 10.1 Å². The van der Waals surface area contributed by atoms with Gasteiger partial charge in [0.15, 0.2) is 0 Å². The molecule has 2 aromatic rings. The van der Waals surface area contributed by atoms with Gasteiger partial charge in [0.05, 0.1) is 0 Å². The SMILES string of the molecule is Cc1ccc(CNC2CC2)cc1Oc1cccc(I)c1. The Morgan fingerprint density at radius 3 is 2.80 bits per heavy atom. The Balaban J connectivity index is 1.75. The average molecular weight is 379 g/mol. The highest BCUT2D eigenvalue weighted by Gasteiger charge is 2.20. The van der Waals surface area contributed by atoms with Crippen molar-refractivity contribution in [1.29, 1.82) is 0 Å². The predicted octanol–water partition coefficient (Wildman–Crippen LogP) is 4.64. The number of rotatable bonds is 5. The first-order valence-corrected chi connectivity index (χ1v) is 8.05. The highest BCUT2D eigenvalue weighted by molar-refractivity contribution is 14.1. The summed E-state index contributed by atoms with van der Waals surface area (Å²) in [6.45, 7) is 3.01. The van der Waals surface area contributed by atoms with Gasteiger partial charge in [0.2, 0.25) is 0 Å². The maximum atomic E-state index is 6.02. The molecule has 0 saturated heterocycles. The molecule has 0 unspecified atom stereocenters. The van der Waals surface area contributed by atoms with Crippen molar-refractivity contribution in [3.8, 4) is 11.5 Å². The third-order valence-corrected chi connectivity index (χ3v) is 4.12. The Morgan fingerprint density at radius 1 is 1.20 bits per heavy atom. The first-order valence-electron chi connectivity index (χ1n) is 6.97. The van der Waals surface area contributed by atoms with Crippen LogP contribution in [0.3, 0.4) is 0 Å². The lowest BCUT2D eigenvalue weighted by atomic mass is 10.1. The molecule has 3 heteroatoms. The smallest absolute Gasteiger partial charge is 0.130 e. The molecule has 0 radical (unpaired) electrons. The molecule has 0 spiro atoms. The molecule has 1 aliphatic rings. The monoisotopic (exact) mass is 379 g/mol. The van der Waals surface area contributed by atoms with E-state index >= 15 is 0 Å². The van der Waals surface area contributed by atoms with E-state index < -0.39 is 0 Å². The Labute approximate surface area is 133 Å². The summed E-state index contributed by atoms with van der Waals surface area (Å²) in [7, 11) is 0. The van der Waals surface area contributed by atoms with Crippen LogP contribution in [0, 0.1) is 10.5 Å². The average Bonchev–Trinajstić information content (AvgIpc) is 3.24. The lowest BCUT2D eigenvalue weighted by Crippen LogP contribution is -2.15. The summed E-state index contributed by atoms with van der Waals surface area (Å²) >= 11 is 2.30. The Kier molecular flexibility index (Phi) is 4.27. The fraction of sp³-hybridized carbons (Fsp3) is 0.294. The molecule has 1 saturated carbocycles. The quantitative estimate of drug-likeness (QED) is 0.764.